The molecule has 1 atom stereocenters. The molecule has 0 bridgehead atoms. The van der Waals surface area contributed by atoms with Crippen molar-refractivity contribution in [2.45, 2.75) is 57.2 Å². The van der Waals surface area contributed by atoms with Crippen LogP contribution in [0, 0.1) is 0 Å². The summed E-state index contributed by atoms with van der Waals surface area (Å²) in [5.74, 6) is 0.404. The topological polar surface area (TPSA) is 96.0 Å². The van der Waals surface area contributed by atoms with Gasteiger partial charge in [0.05, 0.1) is 11.9 Å². The Hall–Kier alpha value is -4.34. The van der Waals surface area contributed by atoms with Crippen LogP contribution in [-0.2, 0) is 32.6 Å². The summed E-state index contributed by atoms with van der Waals surface area (Å²) < 4.78 is 33.2. The minimum atomic E-state index is -3.90. The molecule has 1 saturated carbocycles. The molecule has 0 saturated heterocycles. The van der Waals surface area contributed by atoms with Crippen molar-refractivity contribution in [3.05, 3.63) is 125 Å². The number of nitrogens with zero attached hydrogens (tertiary/aromatic N) is 2. The molecule has 1 aliphatic rings. The van der Waals surface area contributed by atoms with E-state index in [0.29, 0.717) is 22.2 Å². The van der Waals surface area contributed by atoms with Crippen LogP contribution in [-0.4, -0.2) is 50.0 Å². The molecular formula is C37H40ClN3O5S. The number of carbonyl (C=O) groups excluding carboxylic acids is 2. The normalized spacial score (nSPS) is 14.2. The lowest BCUT2D eigenvalue weighted by molar-refractivity contribution is -0.140. The van der Waals surface area contributed by atoms with Crippen LogP contribution < -0.4 is 14.4 Å². The second-order valence-electron chi connectivity index (χ2n) is 11.9. The van der Waals surface area contributed by atoms with E-state index in [0.717, 1.165) is 53.8 Å². The number of nitrogens with one attached hydrogen (secondary N) is 1. The van der Waals surface area contributed by atoms with Gasteiger partial charge >= 0.3 is 0 Å². The Morgan fingerprint density at radius 2 is 1.40 bits per heavy atom. The maximum atomic E-state index is 14.4. The smallest absolute Gasteiger partial charge is 0.244 e. The largest absolute Gasteiger partial charge is 0.457 e. The van der Waals surface area contributed by atoms with Crippen molar-refractivity contribution in [2.75, 3.05) is 17.1 Å². The van der Waals surface area contributed by atoms with Gasteiger partial charge in [-0.15, -0.1) is 0 Å². The van der Waals surface area contributed by atoms with Crippen molar-refractivity contribution in [1.29, 1.82) is 0 Å². The fraction of sp³-hybridized carbons (Fsp3) is 0.297. The summed E-state index contributed by atoms with van der Waals surface area (Å²) in [5, 5.41) is 3.76. The lowest BCUT2D eigenvalue weighted by Crippen LogP contribution is -2.55. The van der Waals surface area contributed by atoms with Gasteiger partial charge in [0, 0.05) is 24.0 Å². The summed E-state index contributed by atoms with van der Waals surface area (Å²) in [7, 11) is -3.90. The summed E-state index contributed by atoms with van der Waals surface area (Å²) in [6, 6.07) is 31.5. The van der Waals surface area contributed by atoms with Gasteiger partial charge in [-0.3, -0.25) is 13.9 Å². The second-order valence-corrected chi connectivity index (χ2v) is 14.2. The molecule has 5 rings (SSSR count). The van der Waals surface area contributed by atoms with E-state index >= 15 is 0 Å². The molecule has 246 valence electrons. The van der Waals surface area contributed by atoms with Crippen LogP contribution in [0.4, 0.5) is 5.69 Å². The number of halogens is 1. The van der Waals surface area contributed by atoms with E-state index in [2.05, 4.69) is 5.32 Å². The van der Waals surface area contributed by atoms with Crippen LogP contribution in [0.15, 0.2) is 109 Å². The maximum absolute atomic E-state index is 14.4. The number of carbonyl (C=O) groups is 2. The second kappa shape index (κ2) is 16.0. The molecule has 1 fully saturated rings. The van der Waals surface area contributed by atoms with Gasteiger partial charge in [-0.25, -0.2) is 8.42 Å². The van der Waals surface area contributed by atoms with Crippen LogP contribution in [0.1, 0.15) is 43.2 Å². The van der Waals surface area contributed by atoms with E-state index in [1.165, 1.54) is 4.90 Å². The zero-order valence-corrected chi connectivity index (χ0v) is 28.0. The Morgan fingerprint density at radius 1 is 0.809 bits per heavy atom. The van der Waals surface area contributed by atoms with Crippen molar-refractivity contribution >= 4 is 39.1 Å². The Bertz CT molecular complexity index is 1710. The monoisotopic (exact) mass is 673 g/mol. The van der Waals surface area contributed by atoms with Gasteiger partial charge in [0.15, 0.2) is 0 Å². The van der Waals surface area contributed by atoms with Gasteiger partial charge in [-0.2, -0.15) is 0 Å². The fourth-order valence-electron chi connectivity index (χ4n) is 5.80. The summed E-state index contributed by atoms with van der Waals surface area (Å²) in [4.78, 5) is 29.9. The van der Waals surface area contributed by atoms with Crippen molar-refractivity contribution < 1.29 is 22.7 Å². The molecule has 0 unspecified atom stereocenters. The molecule has 1 aliphatic carbocycles. The van der Waals surface area contributed by atoms with Crippen LogP contribution in [0.2, 0.25) is 5.02 Å². The van der Waals surface area contributed by atoms with E-state index in [1.54, 1.807) is 48.5 Å². The molecule has 0 heterocycles. The minimum absolute atomic E-state index is 0.0335. The number of para-hydroxylation sites is 1. The van der Waals surface area contributed by atoms with Crippen molar-refractivity contribution in [1.82, 2.24) is 10.2 Å². The van der Waals surface area contributed by atoms with Gasteiger partial charge in [0.1, 0.15) is 24.1 Å². The van der Waals surface area contributed by atoms with Gasteiger partial charge in [0.25, 0.3) is 0 Å². The summed E-state index contributed by atoms with van der Waals surface area (Å²) in [6.45, 7) is -0.402. The number of benzene rings is 4. The van der Waals surface area contributed by atoms with E-state index in [1.807, 2.05) is 60.7 Å². The number of hydrogen-bond donors (Lipinski definition) is 1. The SMILES string of the molecule is CS(=O)(=O)N(CC(=O)N(Cc1ccc(Cl)cc1)[C@H](Cc1ccccc1)C(=O)NC1CCCCC1)c1ccc(Oc2ccccc2)cc1. The number of anilines is 1. The first kappa shape index (κ1) is 34.0. The highest BCUT2D eigenvalue weighted by molar-refractivity contribution is 7.92. The molecule has 1 N–H and O–H groups in total. The lowest BCUT2D eigenvalue weighted by Gasteiger charge is -2.35. The third-order valence-corrected chi connectivity index (χ3v) is 9.66. The molecule has 47 heavy (non-hydrogen) atoms. The molecule has 0 radical (unpaired) electrons. The molecule has 0 spiro atoms. The van der Waals surface area contributed by atoms with E-state index in [9.17, 15) is 18.0 Å². The quantitative estimate of drug-likeness (QED) is 0.165. The van der Waals surface area contributed by atoms with Crippen LogP contribution in [0.5, 0.6) is 11.5 Å². The van der Waals surface area contributed by atoms with Crippen molar-refractivity contribution in [3.8, 4) is 11.5 Å². The molecular weight excluding hydrogens is 634 g/mol. The van der Waals surface area contributed by atoms with E-state index in [4.69, 9.17) is 16.3 Å². The zero-order chi connectivity index (χ0) is 33.2. The number of rotatable bonds is 13. The maximum Gasteiger partial charge on any atom is 0.244 e. The summed E-state index contributed by atoms with van der Waals surface area (Å²) >= 11 is 6.16. The van der Waals surface area contributed by atoms with Crippen molar-refractivity contribution in [3.63, 3.8) is 0 Å². The number of amides is 2. The van der Waals surface area contributed by atoms with Crippen LogP contribution in [0.3, 0.4) is 0 Å². The molecule has 2 amide bonds. The van der Waals surface area contributed by atoms with Gasteiger partial charge < -0.3 is 15.0 Å². The zero-order valence-electron chi connectivity index (χ0n) is 26.4. The molecule has 4 aromatic rings. The summed E-state index contributed by atoms with van der Waals surface area (Å²) in [5.41, 5.74) is 1.96. The highest BCUT2D eigenvalue weighted by Gasteiger charge is 2.34. The van der Waals surface area contributed by atoms with E-state index in [-0.39, 0.29) is 24.9 Å². The Balaban J connectivity index is 1.45. The minimum Gasteiger partial charge on any atom is -0.457 e. The average Bonchev–Trinajstić information content (AvgIpc) is 3.07. The molecule has 0 aliphatic heterocycles. The third-order valence-electron chi connectivity index (χ3n) is 8.27. The number of ether oxygens (including phenoxy) is 1. The van der Waals surface area contributed by atoms with E-state index < -0.39 is 28.5 Å². The predicted molar refractivity (Wildman–Crippen MR) is 186 cm³/mol. The number of sulfonamides is 1. The first-order valence-corrected chi connectivity index (χ1v) is 18.1. The lowest BCUT2D eigenvalue weighted by atomic mass is 9.94. The van der Waals surface area contributed by atoms with Gasteiger partial charge in [-0.05, 0) is 72.5 Å². The average molecular weight is 674 g/mol. The highest BCUT2D eigenvalue weighted by atomic mass is 35.5. The predicted octanol–water partition coefficient (Wildman–Crippen LogP) is 6.99. The molecule has 8 nitrogen and oxygen atoms in total. The van der Waals surface area contributed by atoms with Crippen LogP contribution >= 0.6 is 11.6 Å². The Kier molecular flexibility index (Phi) is 11.6. The summed E-state index contributed by atoms with van der Waals surface area (Å²) in [6.07, 6.45) is 6.34. The number of hydrogen-bond acceptors (Lipinski definition) is 5. The highest BCUT2D eigenvalue weighted by Crippen LogP contribution is 2.27. The van der Waals surface area contributed by atoms with Gasteiger partial charge in [0.2, 0.25) is 21.8 Å². The molecule has 0 aromatic heterocycles. The Labute approximate surface area is 282 Å². The first-order chi connectivity index (χ1) is 22.7. The standard InChI is InChI=1S/C37H40ClN3O5S/c1-47(44,45)41(32-21-23-34(24-22-32)46-33-15-9-4-10-16-33)27-36(42)40(26-29-17-19-30(38)20-18-29)35(25-28-11-5-2-6-12-28)37(43)39-31-13-7-3-8-14-31/h2,4-6,9-12,15-24,31,35H,3,7-8,13-14,25-27H2,1H3,(H,39,43)/t35-/m1/s1. The van der Waals surface area contributed by atoms with Crippen molar-refractivity contribution in [2.24, 2.45) is 0 Å². The Morgan fingerprint density at radius 3 is 2.02 bits per heavy atom. The molecule has 4 aromatic carbocycles. The van der Waals surface area contributed by atoms with Crippen LogP contribution in [0.25, 0.3) is 0 Å². The molecule has 10 heteroatoms. The first-order valence-electron chi connectivity index (χ1n) is 15.8. The van der Waals surface area contributed by atoms with Gasteiger partial charge in [-0.1, -0.05) is 91.5 Å². The third kappa shape index (κ3) is 9.83. The fourth-order valence-corrected chi connectivity index (χ4v) is 6.78.